The van der Waals surface area contributed by atoms with E-state index in [1.807, 2.05) is 35.3 Å². The van der Waals surface area contributed by atoms with Gasteiger partial charge in [0.2, 0.25) is 6.23 Å². The lowest BCUT2D eigenvalue weighted by Gasteiger charge is -2.38. The number of halogens is 2. The zero-order valence-corrected chi connectivity index (χ0v) is 24.4. The molecule has 0 bridgehead atoms. The van der Waals surface area contributed by atoms with Gasteiger partial charge >= 0.3 is 5.97 Å². The minimum Gasteiger partial charge on any atom is -0.493 e. The summed E-state index contributed by atoms with van der Waals surface area (Å²) in [5.74, 6) is 1.05. The van der Waals surface area contributed by atoms with Gasteiger partial charge in [-0.05, 0) is 70.9 Å². The number of nitrogens with zero attached hydrogens (tertiary/aromatic N) is 2. The Balaban J connectivity index is 1.39. The minimum absolute atomic E-state index is 0.00657. The van der Waals surface area contributed by atoms with Gasteiger partial charge in [0, 0.05) is 22.0 Å². The third kappa shape index (κ3) is 4.94. The van der Waals surface area contributed by atoms with Crippen molar-refractivity contribution in [3.8, 4) is 17.2 Å². The number of esters is 1. The normalized spacial score (nSPS) is 17.5. The van der Waals surface area contributed by atoms with Crippen LogP contribution in [0, 0.1) is 6.92 Å². The summed E-state index contributed by atoms with van der Waals surface area (Å²) in [7, 11) is 1.55. The van der Waals surface area contributed by atoms with Crippen LogP contribution in [0.3, 0.4) is 0 Å². The minimum atomic E-state index is -0.518. The van der Waals surface area contributed by atoms with Crippen molar-refractivity contribution in [2.75, 3.05) is 7.11 Å². The molecule has 39 heavy (non-hydrogen) atoms. The van der Waals surface area contributed by atoms with Gasteiger partial charge in [-0.2, -0.15) is 5.10 Å². The Morgan fingerprint density at radius 3 is 2.51 bits per heavy atom. The molecule has 0 spiro atoms. The fraction of sp³-hybridized carbons (Fsp3) is 0.161. The van der Waals surface area contributed by atoms with Crippen molar-refractivity contribution in [1.29, 1.82) is 0 Å². The van der Waals surface area contributed by atoms with E-state index in [1.165, 1.54) is 5.56 Å². The van der Waals surface area contributed by atoms with Crippen LogP contribution < -0.4 is 14.2 Å². The molecule has 6 nitrogen and oxygen atoms in total. The van der Waals surface area contributed by atoms with Gasteiger partial charge < -0.3 is 14.2 Å². The number of hydrogen-bond donors (Lipinski definition) is 0. The Morgan fingerprint density at radius 1 is 1.00 bits per heavy atom. The fourth-order valence-electron chi connectivity index (χ4n) is 4.91. The summed E-state index contributed by atoms with van der Waals surface area (Å²) in [5.41, 5.74) is 5.63. The number of aryl methyl sites for hydroxylation is 1. The molecular formula is C31H24Br2N2O4. The largest absolute Gasteiger partial charge is 0.493 e. The van der Waals surface area contributed by atoms with E-state index in [2.05, 4.69) is 69.1 Å². The molecule has 0 saturated heterocycles. The molecule has 4 aromatic rings. The van der Waals surface area contributed by atoms with Gasteiger partial charge in [-0.1, -0.05) is 64.0 Å². The number of carbonyl (C=O) groups excluding carboxylic acids is 1. The third-order valence-corrected chi connectivity index (χ3v) is 7.96. The second kappa shape index (κ2) is 10.5. The van der Waals surface area contributed by atoms with Gasteiger partial charge in [0.1, 0.15) is 5.75 Å². The van der Waals surface area contributed by atoms with E-state index in [0.717, 1.165) is 39.0 Å². The Bertz CT molecular complexity index is 1590. The maximum atomic E-state index is 12.8. The molecule has 4 aromatic carbocycles. The van der Waals surface area contributed by atoms with E-state index in [0.29, 0.717) is 21.5 Å². The zero-order chi connectivity index (χ0) is 27.1. The summed E-state index contributed by atoms with van der Waals surface area (Å²) in [5, 5.41) is 7.07. The number of fused-ring (bicyclic) bond motifs is 3. The monoisotopic (exact) mass is 646 g/mol. The molecule has 0 aliphatic carbocycles. The van der Waals surface area contributed by atoms with Gasteiger partial charge in [-0.25, -0.2) is 9.80 Å². The summed E-state index contributed by atoms with van der Waals surface area (Å²) < 4.78 is 19.5. The smallest absolute Gasteiger partial charge is 0.343 e. The van der Waals surface area contributed by atoms with E-state index in [9.17, 15) is 4.79 Å². The molecule has 8 heteroatoms. The molecule has 2 aliphatic heterocycles. The summed E-state index contributed by atoms with van der Waals surface area (Å²) in [4.78, 5) is 12.8. The van der Waals surface area contributed by atoms with Gasteiger partial charge in [0.15, 0.2) is 11.5 Å². The van der Waals surface area contributed by atoms with Crippen LogP contribution in [0.25, 0.3) is 0 Å². The van der Waals surface area contributed by atoms with Crippen molar-refractivity contribution >= 4 is 43.5 Å². The number of benzene rings is 4. The molecule has 2 unspecified atom stereocenters. The van der Waals surface area contributed by atoms with Crippen molar-refractivity contribution in [2.24, 2.45) is 5.10 Å². The van der Waals surface area contributed by atoms with Crippen LogP contribution in [0.5, 0.6) is 17.2 Å². The summed E-state index contributed by atoms with van der Waals surface area (Å²) in [6, 6.07) is 27.1. The molecule has 196 valence electrons. The molecule has 0 fully saturated rings. The van der Waals surface area contributed by atoms with Crippen molar-refractivity contribution in [3.05, 3.63) is 122 Å². The lowest BCUT2D eigenvalue weighted by Crippen LogP contribution is -2.33. The second-order valence-corrected chi connectivity index (χ2v) is 11.2. The zero-order valence-electron chi connectivity index (χ0n) is 21.2. The summed E-state index contributed by atoms with van der Waals surface area (Å²) in [6.07, 6.45) is 0.230. The lowest BCUT2D eigenvalue weighted by atomic mass is 9.95. The topological polar surface area (TPSA) is 60.4 Å². The van der Waals surface area contributed by atoms with Crippen molar-refractivity contribution in [3.63, 3.8) is 0 Å². The first-order valence-electron chi connectivity index (χ1n) is 12.4. The van der Waals surface area contributed by atoms with Crippen molar-refractivity contribution in [1.82, 2.24) is 5.01 Å². The quantitative estimate of drug-likeness (QED) is 0.162. The first-order valence-corrected chi connectivity index (χ1v) is 14.0. The molecule has 0 amide bonds. The summed E-state index contributed by atoms with van der Waals surface area (Å²) >= 11 is 7.21. The van der Waals surface area contributed by atoms with Crippen LogP contribution in [0.1, 0.15) is 51.3 Å². The third-order valence-electron chi connectivity index (χ3n) is 6.88. The van der Waals surface area contributed by atoms with Gasteiger partial charge in [-0.3, -0.25) is 0 Å². The van der Waals surface area contributed by atoms with E-state index in [4.69, 9.17) is 19.3 Å². The molecule has 0 radical (unpaired) electrons. The van der Waals surface area contributed by atoms with Crippen LogP contribution in [0.2, 0.25) is 0 Å². The van der Waals surface area contributed by atoms with E-state index in [-0.39, 0.29) is 6.04 Å². The number of carbonyl (C=O) groups is 1. The highest BCUT2D eigenvalue weighted by Gasteiger charge is 2.41. The highest BCUT2D eigenvalue weighted by atomic mass is 79.9. The lowest BCUT2D eigenvalue weighted by molar-refractivity contribution is -0.0192. The molecule has 0 N–H and O–H groups in total. The number of ether oxygens (including phenoxy) is 3. The molecule has 2 atom stereocenters. The van der Waals surface area contributed by atoms with Crippen LogP contribution >= 0.6 is 31.9 Å². The average Bonchev–Trinajstić information content (AvgIpc) is 3.40. The molecule has 6 rings (SSSR count). The van der Waals surface area contributed by atoms with Crippen molar-refractivity contribution < 1.29 is 19.0 Å². The molecule has 0 aromatic heterocycles. The fourth-order valence-corrected chi connectivity index (χ4v) is 5.83. The van der Waals surface area contributed by atoms with E-state index in [1.54, 1.807) is 31.4 Å². The number of rotatable bonds is 5. The van der Waals surface area contributed by atoms with Crippen LogP contribution in [0.4, 0.5) is 0 Å². The number of hydrazone groups is 1. The molecule has 2 aliphatic rings. The van der Waals surface area contributed by atoms with E-state index < -0.39 is 12.2 Å². The average molecular weight is 648 g/mol. The van der Waals surface area contributed by atoms with Crippen LogP contribution in [-0.2, 0) is 0 Å². The SMILES string of the molecule is COc1cc(C2Oc3ccc(Br)cc3C3CC(c4ccc(C)cc4)=NN32)cc(Br)c1OC(=O)c1ccccc1. The predicted octanol–water partition coefficient (Wildman–Crippen LogP) is 7.99. The van der Waals surface area contributed by atoms with Crippen molar-refractivity contribution in [2.45, 2.75) is 25.6 Å². The van der Waals surface area contributed by atoms with Crippen LogP contribution in [0.15, 0.2) is 99.0 Å². The first-order chi connectivity index (χ1) is 18.9. The van der Waals surface area contributed by atoms with Gasteiger partial charge in [-0.15, -0.1) is 0 Å². The molecule has 2 heterocycles. The summed E-state index contributed by atoms with van der Waals surface area (Å²) in [6.45, 7) is 2.08. The predicted molar refractivity (Wildman–Crippen MR) is 157 cm³/mol. The van der Waals surface area contributed by atoms with E-state index >= 15 is 0 Å². The second-order valence-electron chi connectivity index (χ2n) is 9.45. The first kappa shape index (κ1) is 25.6. The Hall–Kier alpha value is -3.62. The molecular weight excluding hydrogens is 624 g/mol. The van der Waals surface area contributed by atoms with Gasteiger partial charge in [0.25, 0.3) is 0 Å². The number of hydrogen-bond acceptors (Lipinski definition) is 6. The maximum absolute atomic E-state index is 12.8. The Labute approximate surface area is 243 Å². The molecule has 0 saturated carbocycles. The number of methoxy groups -OCH3 is 1. The Kier molecular flexibility index (Phi) is 6.91. The van der Waals surface area contributed by atoms with Gasteiger partial charge in [0.05, 0.1) is 28.9 Å². The highest BCUT2D eigenvalue weighted by Crippen LogP contribution is 2.50. The van der Waals surface area contributed by atoms with Crippen LogP contribution in [-0.4, -0.2) is 23.8 Å². The standard InChI is InChI=1S/C31H24Br2N2O4/c1-18-8-10-19(11-9-18)25-17-26-23-16-22(32)12-13-27(23)38-30(35(26)34-25)21-14-24(33)29(28(15-21)37-2)39-31(36)20-6-4-3-5-7-20/h3-16,26,30H,17H2,1-2H3. The Morgan fingerprint density at radius 2 is 1.77 bits per heavy atom. The maximum Gasteiger partial charge on any atom is 0.343 e. The highest BCUT2D eigenvalue weighted by molar-refractivity contribution is 9.10.